The first-order valence-electron chi connectivity index (χ1n) is 15.7. The van der Waals surface area contributed by atoms with Gasteiger partial charge >= 0.3 is 17.9 Å². The molecule has 4 heterocycles. The average molecular weight is 831 g/mol. The molecule has 2 amide bonds. The highest BCUT2D eigenvalue weighted by molar-refractivity contribution is 8.22. The van der Waals surface area contributed by atoms with Gasteiger partial charge in [0.1, 0.15) is 33.7 Å². The highest BCUT2D eigenvalue weighted by atomic mass is 32.2. The van der Waals surface area contributed by atoms with Gasteiger partial charge in [-0.15, -0.1) is 11.3 Å². The van der Waals surface area contributed by atoms with Crippen LogP contribution in [0.4, 0.5) is 10.5 Å². The predicted octanol–water partition coefficient (Wildman–Crippen LogP) is 0.939. The Balaban J connectivity index is 1.69. The summed E-state index contributed by atoms with van der Waals surface area (Å²) in [5, 5.41) is 28.1. The molecular formula is C33H26N4O14S4. The van der Waals surface area contributed by atoms with E-state index in [9.17, 15) is 61.9 Å². The van der Waals surface area contributed by atoms with E-state index >= 15 is 0 Å². The zero-order valence-electron chi connectivity index (χ0n) is 27.8. The summed E-state index contributed by atoms with van der Waals surface area (Å²) in [6, 6.07) is 15.6. The molecule has 0 atom stereocenters. The number of anilines is 1. The van der Waals surface area contributed by atoms with Crippen molar-refractivity contribution in [1.82, 2.24) is 14.0 Å². The lowest BCUT2D eigenvalue weighted by Crippen LogP contribution is -2.36. The maximum atomic E-state index is 14.3. The Morgan fingerprint density at radius 2 is 1.42 bits per heavy atom. The second-order valence-electron chi connectivity index (χ2n) is 11.6. The number of aromatic nitrogens is 2. The van der Waals surface area contributed by atoms with E-state index in [1.165, 1.54) is 11.8 Å². The van der Waals surface area contributed by atoms with Crippen LogP contribution in [0.1, 0.15) is 12.0 Å². The smallest absolute Gasteiger partial charge is 0.323 e. The number of nitrogens with zero attached hydrogens (tertiary/aromatic N) is 4. The molecule has 4 N–H and O–H groups in total. The second-order valence-corrected chi connectivity index (χ2v) is 16.2. The summed E-state index contributed by atoms with van der Waals surface area (Å²) in [4.78, 5) is 91.4. The van der Waals surface area contributed by atoms with Crippen LogP contribution in [0, 0.1) is 10.1 Å². The standard InChI is InChI=1S/C33H26N4O14S4/c38-22(39)14-35-28(44)25(51-31(35)27-30(46)37(16-24(42)43)33(47)54-27)32-36(15-23(40)41)29(45)26(53-32)18(17-7-2-1-3-8-17)13-21-34(11-6-12-55(48,49)50)19-9-4-5-10-20(19)52-21/h1-5,7-10,13H,6,11-12,14-16H2,(H,38,39)(H,40,41)(H,42,43)(H,48,49,50)/b21-13?,26-18?,31-27?,32-25+. The van der Waals surface area contributed by atoms with Gasteiger partial charge in [-0.3, -0.25) is 52.1 Å². The minimum absolute atomic E-state index is 0.0310. The van der Waals surface area contributed by atoms with Crippen LogP contribution < -0.4 is 26.1 Å². The monoisotopic (exact) mass is 830 g/mol. The van der Waals surface area contributed by atoms with Crippen molar-refractivity contribution in [3.05, 3.63) is 112 Å². The van der Waals surface area contributed by atoms with Crippen LogP contribution in [0.25, 0.3) is 10.5 Å². The molecule has 2 aromatic heterocycles. The number of imide groups is 1. The van der Waals surface area contributed by atoms with Crippen LogP contribution in [0.15, 0.2) is 84.6 Å². The van der Waals surface area contributed by atoms with Crippen LogP contribution in [0.5, 0.6) is 0 Å². The van der Waals surface area contributed by atoms with Crippen molar-refractivity contribution < 1.29 is 56.7 Å². The van der Waals surface area contributed by atoms with Crippen molar-refractivity contribution in [3.63, 3.8) is 0 Å². The molecule has 286 valence electrons. The maximum Gasteiger partial charge on any atom is 0.323 e. The number of fused-ring (bicyclic) bond motifs is 1. The number of carboxylic acids is 3. The lowest BCUT2D eigenvalue weighted by atomic mass is 10.1. The molecule has 22 heteroatoms. The number of rotatable bonds is 12. The molecule has 4 aromatic rings. The average Bonchev–Trinajstić information content (AvgIpc) is 3.81. The first-order valence-corrected chi connectivity index (χ1v) is 19.8. The van der Waals surface area contributed by atoms with E-state index in [1.54, 1.807) is 59.5 Å². The third kappa shape index (κ3) is 8.22. The number of carbonyl (C=O) groups excluding carboxylic acids is 2. The molecule has 0 bridgehead atoms. The molecule has 1 fully saturated rings. The minimum Gasteiger partial charge on any atom is -0.480 e. The van der Waals surface area contributed by atoms with Gasteiger partial charge in [0.05, 0.1) is 16.5 Å². The van der Waals surface area contributed by atoms with Gasteiger partial charge in [0.2, 0.25) is 11.0 Å². The molecule has 2 aliphatic rings. The first-order chi connectivity index (χ1) is 26.0. The maximum absolute atomic E-state index is 14.3. The number of amides is 2. The molecule has 0 spiro atoms. The lowest BCUT2D eigenvalue weighted by molar-refractivity contribution is -0.140. The van der Waals surface area contributed by atoms with E-state index in [-0.39, 0.29) is 39.5 Å². The molecule has 0 aliphatic carbocycles. The fourth-order valence-corrected chi connectivity index (χ4v) is 9.29. The zero-order chi connectivity index (χ0) is 39.8. The van der Waals surface area contributed by atoms with Crippen LogP contribution in [0.2, 0.25) is 0 Å². The molecular weight excluding hydrogens is 805 g/mol. The number of carbonyl (C=O) groups is 5. The number of benzene rings is 2. The largest absolute Gasteiger partial charge is 0.480 e. The molecule has 55 heavy (non-hydrogen) atoms. The third-order valence-electron chi connectivity index (χ3n) is 7.90. The number of carboxylic acid groups (broad SMARTS) is 3. The normalized spacial score (nSPS) is 17.2. The quantitative estimate of drug-likeness (QED) is 0.145. The van der Waals surface area contributed by atoms with E-state index in [4.69, 9.17) is 4.42 Å². The summed E-state index contributed by atoms with van der Waals surface area (Å²) in [5.74, 6) is -6.31. The van der Waals surface area contributed by atoms with Gasteiger partial charge in [0.25, 0.3) is 32.4 Å². The number of para-hydroxylation sites is 1. The van der Waals surface area contributed by atoms with Gasteiger partial charge in [0, 0.05) is 17.0 Å². The van der Waals surface area contributed by atoms with E-state index < -0.39 is 91.5 Å². The Morgan fingerprint density at radius 1 is 0.782 bits per heavy atom. The van der Waals surface area contributed by atoms with E-state index in [1.807, 2.05) is 6.07 Å². The molecule has 0 unspecified atom stereocenters. The van der Waals surface area contributed by atoms with Gasteiger partial charge < -0.3 is 24.6 Å². The van der Waals surface area contributed by atoms with Gasteiger partial charge in [0.15, 0.2) is 0 Å². The van der Waals surface area contributed by atoms with Crippen LogP contribution in [-0.2, 0) is 42.4 Å². The molecule has 2 aromatic carbocycles. The predicted molar refractivity (Wildman–Crippen MR) is 197 cm³/mol. The molecule has 18 nitrogen and oxygen atoms in total. The number of oxazole rings is 1. The number of allylic oxidation sites excluding steroid dienone is 1. The van der Waals surface area contributed by atoms with Gasteiger partial charge in [-0.25, -0.2) is 0 Å². The van der Waals surface area contributed by atoms with E-state index in [0.717, 1.165) is 15.1 Å². The summed E-state index contributed by atoms with van der Waals surface area (Å²) in [5.41, 5.74) is -2.10. The Kier molecular flexibility index (Phi) is 11.1. The van der Waals surface area contributed by atoms with Crippen LogP contribution in [-0.4, -0.2) is 90.2 Å². The van der Waals surface area contributed by atoms with Gasteiger partial charge in [-0.2, -0.15) is 8.42 Å². The summed E-state index contributed by atoms with van der Waals surface area (Å²) in [6.07, 6.45) is 1.67. The van der Waals surface area contributed by atoms with Crippen molar-refractivity contribution in [2.24, 2.45) is 0 Å². The van der Waals surface area contributed by atoms with Crippen LogP contribution in [0.3, 0.4) is 0 Å². The van der Waals surface area contributed by atoms with Crippen molar-refractivity contribution in [2.75, 3.05) is 23.7 Å². The van der Waals surface area contributed by atoms with Crippen molar-refractivity contribution in [2.45, 2.75) is 24.4 Å². The Bertz CT molecular complexity index is 2790. The summed E-state index contributed by atoms with van der Waals surface area (Å²) >= 11 is 2.13. The minimum atomic E-state index is -4.28. The topological polar surface area (TPSA) is 264 Å². The fraction of sp³-hybridized carbons (Fsp3) is 0.182. The molecule has 2 aliphatic heterocycles. The number of thioether (sulfide) groups is 2. The number of hydrogen-bond donors (Lipinski definition) is 4. The summed E-state index contributed by atoms with van der Waals surface area (Å²) < 4.78 is 38.9. The lowest BCUT2D eigenvalue weighted by Gasteiger charge is -2.20. The van der Waals surface area contributed by atoms with Crippen molar-refractivity contribution in [1.29, 1.82) is 0 Å². The van der Waals surface area contributed by atoms with Crippen molar-refractivity contribution >= 4 is 90.2 Å². The second kappa shape index (κ2) is 15.6. The highest BCUT2D eigenvalue weighted by Crippen LogP contribution is 2.46. The Morgan fingerprint density at radius 3 is 2.07 bits per heavy atom. The summed E-state index contributed by atoms with van der Waals surface area (Å²) in [6.45, 7) is -2.99. The number of thiazole rings is 1. The number of aliphatic carboxylic acids is 3. The molecule has 6 rings (SSSR count). The van der Waals surface area contributed by atoms with Gasteiger partial charge in [-0.05, 0) is 42.0 Å². The zero-order valence-corrected chi connectivity index (χ0v) is 31.1. The van der Waals surface area contributed by atoms with E-state index in [0.29, 0.717) is 31.4 Å². The molecule has 1 saturated heterocycles. The van der Waals surface area contributed by atoms with Crippen molar-refractivity contribution in [3.8, 4) is 0 Å². The fourth-order valence-electron chi connectivity index (χ4n) is 5.64. The number of hydrogen-bond acceptors (Lipinski definition) is 14. The Labute approximate surface area is 320 Å². The van der Waals surface area contributed by atoms with Crippen LogP contribution >= 0.6 is 34.9 Å². The third-order valence-corrected chi connectivity index (χ3v) is 12.0. The highest BCUT2D eigenvalue weighted by Gasteiger charge is 2.39. The molecule has 0 radical (unpaired) electrons. The Hall–Kier alpha value is -5.68. The SMILES string of the molecule is O=C(O)CN1C(=O)SC(=c2o/c(=c3/sc(=C(C=C4Sc5ccccc5N4CCCS(=O)(=O)O)c4ccccc4)c(=O)n3CC(=O)O)c(=O)n2CC(=O)O)C1=O. The molecule has 0 saturated carbocycles. The first kappa shape index (κ1) is 39.0. The summed E-state index contributed by atoms with van der Waals surface area (Å²) in [7, 11) is -4.28. The van der Waals surface area contributed by atoms with E-state index in [2.05, 4.69) is 0 Å². The van der Waals surface area contributed by atoms with Gasteiger partial charge in [-0.1, -0.05) is 54.2 Å².